The van der Waals surface area contributed by atoms with Gasteiger partial charge in [0, 0.05) is 29.0 Å². The first kappa shape index (κ1) is 24.4. The van der Waals surface area contributed by atoms with Crippen LogP contribution in [0.3, 0.4) is 0 Å². The average molecular weight is 510 g/mol. The van der Waals surface area contributed by atoms with Crippen LogP contribution < -0.4 is 4.74 Å². The highest BCUT2D eigenvalue weighted by molar-refractivity contribution is 6.35. The maximum absolute atomic E-state index is 6.44. The number of rotatable bonds is 10. The second-order valence-electron chi connectivity index (χ2n) is 8.19. The van der Waals surface area contributed by atoms with Crippen molar-refractivity contribution in [3.8, 4) is 5.75 Å². The summed E-state index contributed by atoms with van der Waals surface area (Å²) in [5.41, 5.74) is 1.23. The molecule has 0 amide bonds. The summed E-state index contributed by atoms with van der Waals surface area (Å²) in [5.74, 6) is 0.605. The first-order valence-electron chi connectivity index (χ1n) is 11.1. The normalized spacial score (nSPS) is 19.4. The highest BCUT2D eigenvalue weighted by Gasteiger charge is 2.26. The van der Waals surface area contributed by atoms with Crippen molar-refractivity contribution in [2.45, 2.75) is 57.1 Å². The number of halogens is 3. The number of hydrogen-bond donors (Lipinski definition) is 0. The summed E-state index contributed by atoms with van der Waals surface area (Å²) in [5, 5.41) is 1.82. The first-order valence-corrected chi connectivity index (χ1v) is 12.3. The van der Waals surface area contributed by atoms with Crippen LogP contribution in [0.5, 0.6) is 5.75 Å². The van der Waals surface area contributed by atoms with Gasteiger partial charge < -0.3 is 18.8 Å². The fourth-order valence-electron chi connectivity index (χ4n) is 3.89. The van der Waals surface area contributed by atoms with Crippen LogP contribution in [0.25, 0.3) is 0 Å². The van der Waals surface area contributed by atoms with Crippen LogP contribution in [0.15, 0.2) is 61.2 Å². The van der Waals surface area contributed by atoms with E-state index in [1.54, 1.807) is 24.4 Å². The minimum absolute atomic E-state index is 0.00902. The Bertz CT molecular complexity index is 999. The quantitative estimate of drug-likeness (QED) is 0.300. The summed E-state index contributed by atoms with van der Waals surface area (Å²) in [6.07, 6.45) is 9.76. The molecule has 33 heavy (non-hydrogen) atoms. The Morgan fingerprint density at radius 2 is 1.88 bits per heavy atom. The molecular weight excluding hydrogens is 483 g/mol. The predicted octanol–water partition coefficient (Wildman–Crippen LogP) is 6.84. The molecule has 1 aliphatic rings. The highest BCUT2D eigenvalue weighted by Crippen LogP contribution is 2.29. The van der Waals surface area contributed by atoms with E-state index in [4.69, 9.17) is 49.0 Å². The van der Waals surface area contributed by atoms with E-state index in [1.807, 2.05) is 29.2 Å². The van der Waals surface area contributed by atoms with Gasteiger partial charge >= 0.3 is 0 Å². The summed E-state index contributed by atoms with van der Waals surface area (Å²) in [4.78, 5) is 4.15. The summed E-state index contributed by atoms with van der Waals surface area (Å²) >= 11 is 18.2. The molecule has 4 rings (SSSR count). The molecule has 8 heteroatoms. The lowest BCUT2D eigenvalue weighted by molar-refractivity contribution is -0.222. The Hall–Kier alpha value is -1.76. The van der Waals surface area contributed by atoms with E-state index in [0.717, 1.165) is 43.7 Å². The largest absolute Gasteiger partial charge is 0.489 e. The van der Waals surface area contributed by atoms with Gasteiger partial charge in [-0.2, -0.15) is 0 Å². The van der Waals surface area contributed by atoms with Gasteiger partial charge in [0.15, 0.2) is 6.29 Å². The molecule has 1 fully saturated rings. The minimum Gasteiger partial charge on any atom is -0.489 e. The SMILES string of the molecule is Clc1ccc(CCC(Cn2ccnc2)O[C@H]2CCC[C@H](COc3ccc(Cl)cc3Cl)O2)cc1. The van der Waals surface area contributed by atoms with Gasteiger partial charge in [0.2, 0.25) is 0 Å². The van der Waals surface area contributed by atoms with Crippen molar-refractivity contribution in [3.63, 3.8) is 0 Å². The molecule has 1 aliphatic heterocycles. The van der Waals surface area contributed by atoms with Crippen molar-refractivity contribution in [1.29, 1.82) is 0 Å². The third kappa shape index (κ3) is 7.62. The fourth-order valence-corrected chi connectivity index (χ4v) is 4.48. The Morgan fingerprint density at radius 3 is 2.64 bits per heavy atom. The highest BCUT2D eigenvalue weighted by atomic mass is 35.5. The third-order valence-electron chi connectivity index (χ3n) is 5.61. The molecule has 0 saturated carbocycles. The molecule has 3 atom stereocenters. The van der Waals surface area contributed by atoms with E-state index in [2.05, 4.69) is 17.1 Å². The van der Waals surface area contributed by atoms with Crippen LogP contribution in [-0.4, -0.2) is 34.7 Å². The van der Waals surface area contributed by atoms with Crippen molar-refractivity contribution in [1.82, 2.24) is 9.55 Å². The smallest absolute Gasteiger partial charge is 0.158 e. The number of ether oxygens (including phenoxy) is 3. The summed E-state index contributed by atoms with van der Waals surface area (Å²) in [6.45, 7) is 1.13. The van der Waals surface area contributed by atoms with E-state index in [9.17, 15) is 0 Å². The molecule has 0 radical (unpaired) electrons. The van der Waals surface area contributed by atoms with E-state index in [-0.39, 0.29) is 18.5 Å². The number of hydrogen-bond acceptors (Lipinski definition) is 4. The van der Waals surface area contributed by atoms with Gasteiger partial charge in [0.25, 0.3) is 0 Å². The van der Waals surface area contributed by atoms with Crippen molar-refractivity contribution < 1.29 is 14.2 Å². The van der Waals surface area contributed by atoms with Crippen molar-refractivity contribution in [2.75, 3.05) is 6.61 Å². The zero-order valence-electron chi connectivity index (χ0n) is 18.2. The number of aromatic nitrogens is 2. The molecule has 0 bridgehead atoms. The molecule has 0 N–H and O–H groups in total. The monoisotopic (exact) mass is 508 g/mol. The number of benzene rings is 2. The molecule has 1 saturated heterocycles. The summed E-state index contributed by atoms with van der Waals surface area (Å²) in [6, 6.07) is 13.2. The Morgan fingerprint density at radius 1 is 1.06 bits per heavy atom. The molecule has 0 spiro atoms. The van der Waals surface area contributed by atoms with E-state index in [1.165, 1.54) is 5.56 Å². The predicted molar refractivity (Wildman–Crippen MR) is 131 cm³/mol. The zero-order chi connectivity index (χ0) is 23.0. The van der Waals surface area contributed by atoms with Gasteiger partial charge in [-0.05, 0) is 68.0 Å². The molecule has 2 heterocycles. The van der Waals surface area contributed by atoms with Crippen LogP contribution >= 0.6 is 34.8 Å². The van der Waals surface area contributed by atoms with Crippen molar-refractivity contribution in [3.05, 3.63) is 81.8 Å². The summed E-state index contributed by atoms with van der Waals surface area (Å²) < 4.78 is 20.6. The van der Waals surface area contributed by atoms with E-state index in [0.29, 0.717) is 22.4 Å². The Balaban J connectivity index is 1.32. The third-order valence-corrected chi connectivity index (χ3v) is 6.40. The van der Waals surface area contributed by atoms with Crippen LogP contribution in [0, 0.1) is 0 Å². The van der Waals surface area contributed by atoms with E-state index < -0.39 is 0 Å². The first-order chi connectivity index (χ1) is 16.0. The Labute approximate surface area is 209 Å². The van der Waals surface area contributed by atoms with Gasteiger partial charge in [-0.1, -0.05) is 46.9 Å². The van der Waals surface area contributed by atoms with Crippen LogP contribution in [0.1, 0.15) is 31.2 Å². The topological polar surface area (TPSA) is 45.5 Å². The molecule has 3 aromatic rings. The molecule has 176 valence electrons. The van der Waals surface area contributed by atoms with Crippen LogP contribution in [-0.2, 0) is 22.4 Å². The minimum atomic E-state index is -0.272. The van der Waals surface area contributed by atoms with Crippen molar-refractivity contribution >= 4 is 34.8 Å². The maximum Gasteiger partial charge on any atom is 0.158 e. The second-order valence-corrected chi connectivity index (χ2v) is 9.47. The fraction of sp³-hybridized carbons (Fsp3) is 0.400. The number of nitrogens with zero attached hydrogens (tertiary/aromatic N) is 2. The summed E-state index contributed by atoms with van der Waals surface area (Å²) in [7, 11) is 0. The molecule has 1 aromatic heterocycles. The number of imidazole rings is 1. The average Bonchev–Trinajstić information content (AvgIpc) is 3.31. The van der Waals surface area contributed by atoms with Gasteiger partial charge in [-0.15, -0.1) is 0 Å². The van der Waals surface area contributed by atoms with Crippen LogP contribution in [0.4, 0.5) is 0 Å². The van der Waals surface area contributed by atoms with Crippen LogP contribution in [0.2, 0.25) is 15.1 Å². The van der Waals surface area contributed by atoms with Gasteiger partial charge in [0.05, 0.1) is 23.6 Å². The molecule has 1 unspecified atom stereocenters. The van der Waals surface area contributed by atoms with Gasteiger partial charge in [0.1, 0.15) is 12.4 Å². The molecule has 0 aliphatic carbocycles. The second kappa shape index (κ2) is 12.1. The van der Waals surface area contributed by atoms with E-state index >= 15 is 0 Å². The lowest BCUT2D eigenvalue weighted by Crippen LogP contribution is -2.37. The molecular formula is C25H27Cl3N2O3. The Kier molecular flexibility index (Phi) is 8.93. The number of aryl methyl sites for hydroxylation is 1. The maximum atomic E-state index is 6.44. The lowest BCUT2D eigenvalue weighted by Gasteiger charge is -2.32. The molecule has 2 aromatic carbocycles. The lowest BCUT2D eigenvalue weighted by atomic mass is 10.1. The van der Waals surface area contributed by atoms with Gasteiger partial charge in [-0.3, -0.25) is 0 Å². The molecule has 5 nitrogen and oxygen atoms in total. The standard InChI is InChI=1S/C25H27Cl3N2O3/c26-19-7-4-18(5-8-19)6-10-21(15-30-13-12-29-17-30)32-25-3-1-2-22(33-25)16-31-24-11-9-20(27)14-23(24)28/h4-5,7-9,11-14,17,21-22,25H,1-3,6,10,15-16H2/t21?,22-,25-/m1/s1. The van der Waals surface area contributed by atoms with Crippen molar-refractivity contribution in [2.24, 2.45) is 0 Å². The zero-order valence-corrected chi connectivity index (χ0v) is 20.5. The van der Waals surface area contributed by atoms with Gasteiger partial charge in [-0.25, -0.2) is 4.98 Å².